The number of rotatable bonds is 2. The van der Waals surface area contributed by atoms with E-state index < -0.39 is 0 Å². The average molecular weight is 661 g/mol. The van der Waals surface area contributed by atoms with Crippen molar-refractivity contribution in [1.29, 1.82) is 0 Å². The molecule has 9 aromatic carbocycles. The summed E-state index contributed by atoms with van der Waals surface area (Å²) in [6.07, 6.45) is 1.96. The van der Waals surface area contributed by atoms with Crippen LogP contribution < -0.4 is 0 Å². The van der Waals surface area contributed by atoms with Crippen LogP contribution in [0.4, 0.5) is 0 Å². The van der Waals surface area contributed by atoms with Crippen LogP contribution in [0.3, 0.4) is 0 Å². The van der Waals surface area contributed by atoms with Crippen molar-refractivity contribution in [2.75, 3.05) is 0 Å². The van der Waals surface area contributed by atoms with Crippen molar-refractivity contribution >= 4 is 97.7 Å². The van der Waals surface area contributed by atoms with Crippen molar-refractivity contribution in [2.45, 2.75) is 0 Å². The van der Waals surface area contributed by atoms with Gasteiger partial charge in [-0.15, -0.1) is 0 Å². The normalized spacial score (nSPS) is 12.2. The number of fused-ring (bicyclic) bond motifs is 15. The lowest BCUT2D eigenvalue weighted by atomic mass is 9.94. The van der Waals surface area contributed by atoms with Crippen LogP contribution in [0.1, 0.15) is 0 Å². The molecule has 0 saturated heterocycles. The molecule has 4 nitrogen and oxygen atoms in total. The van der Waals surface area contributed by atoms with Gasteiger partial charge in [-0.2, -0.15) is 0 Å². The fraction of sp³-hybridized carbons (Fsp3) is 0. The van der Waals surface area contributed by atoms with E-state index in [1.807, 2.05) is 6.20 Å². The molecule has 12 rings (SSSR count). The molecule has 0 radical (unpaired) electrons. The van der Waals surface area contributed by atoms with Gasteiger partial charge in [0.25, 0.3) is 0 Å². The van der Waals surface area contributed by atoms with Crippen LogP contribution in [0, 0.1) is 0 Å². The molecule has 0 unspecified atom stereocenters. The Bertz CT molecular complexity index is 3440. The van der Waals surface area contributed by atoms with Gasteiger partial charge in [0.1, 0.15) is 5.52 Å². The molecule has 0 spiro atoms. The summed E-state index contributed by atoms with van der Waals surface area (Å²) in [6, 6.07) is 59.2. The van der Waals surface area contributed by atoms with Gasteiger partial charge in [-0.25, -0.2) is 9.97 Å². The third kappa shape index (κ3) is 3.70. The van der Waals surface area contributed by atoms with E-state index in [2.05, 4.69) is 173 Å². The molecule has 0 amide bonds. The lowest BCUT2D eigenvalue weighted by Crippen LogP contribution is -2.01. The molecule has 0 N–H and O–H groups in total. The van der Waals surface area contributed by atoms with Gasteiger partial charge in [0.05, 0.1) is 22.7 Å². The van der Waals surface area contributed by atoms with E-state index in [-0.39, 0.29) is 0 Å². The second-order valence-electron chi connectivity index (χ2n) is 13.8. The molecule has 0 atom stereocenters. The van der Waals surface area contributed by atoms with E-state index in [1.54, 1.807) is 0 Å². The lowest BCUT2D eigenvalue weighted by Gasteiger charge is -2.13. The van der Waals surface area contributed by atoms with Crippen molar-refractivity contribution in [3.05, 3.63) is 170 Å². The molecule has 52 heavy (non-hydrogen) atoms. The summed E-state index contributed by atoms with van der Waals surface area (Å²) in [5.74, 6) is 0.804. The summed E-state index contributed by atoms with van der Waals surface area (Å²) in [5.41, 5.74) is 6.14. The smallest absolute Gasteiger partial charge is 0.164 e. The van der Waals surface area contributed by atoms with Crippen LogP contribution in [0.2, 0.25) is 0 Å². The molecule has 0 saturated carbocycles. The van der Waals surface area contributed by atoms with Gasteiger partial charge in [0, 0.05) is 27.2 Å². The maximum atomic E-state index is 5.51. The molecular weight excluding hydrogens is 633 g/mol. The molecule has 3 aromatic heterocycles. The largest absolute Gasteiger partial charge is 0.293 e. The Labute approximate surface area is 297 Å². The summed E-state index contributed by atoms with van der Waals surface area (Å²) in [5, 5.41) is 15.8. The second kappa shape index (κ2) is 10.3. The predicted octanol–water partition coefficient (Wildman–Crippen LogP) is 12.4. The second-order valence-corrected chi connectivity index (χ2v) is 13.8. The molecule has 12 aromatic rings. The monoisotopic (exact) mass is 660 g/mol. The Morgan fingerprint density at radius 2 is 0.942 bits per heavy atom. The molecule has 0 aliphatic rings. The Morgan fingerprint density at radius 1 is 0.365 bits per heavy atom. The minimum Gasteiger partial charge on any atom is -0.293 e. The highest BCUT2D eigenvalue weighted by molar-refractivity contribution is 6.26. The molecule has 0 bridgehead atoms. The molecule has 3 heterocycles. The molecule has 0 fully saturated rings. The number of hydrogen-bond acceptors (Lipinski definition) is 2. The highest BCUT2D eigenvalue weighted by Gasteiger charge is 2.21. The summed E-state index contributed by atoms with van der Waals surface area (Å²) >= 11 is 0. The number of benzene rings is 9. The van der Waals surface area contributed by atoms with Crippen molar-refractivity contribution in [1.82, 2.24) is 19.1 Å². The first-order valence-electron chi connectivity index (χ1n) is 17.7. The van der Waals surface area contributed by atoms with Gasteiger partial charge < -0.3 is 0 Å². The first-order valence-corrected chi connectivity index (χ1v) is 17.7. The molecular formula is C48H28N4. The quantitative estimate of drug-likeness (QED) is 0.173. The van der Waals surface area contributed by atoms with Gasteiger partial charge in [0.2, 0.25) is 0 Å². The van der Waals surface area contributed by atoms with Crippen molar-refractivity contribution in [3.8, 4) is 11.5 Å². The van der Waals surface area contributed by atoms with E-state index in [9.17, 15) is 0 Å². The van der Waals surface area contributed by atoms with Crippen LogP contribution in [0.5, 0.6) is 0 Å². The van der Waals surface area contributed by atoms with Gasteiger partial charge in [-0.05, 0) is 78.8 Å². The molecule has 240 valence electrons. The van der Waals surface area contributed by atoms with E-state index in [4.69, 9.17) is 9.97 Å². The van der Waals surface area contributed by atoms with Gasteiger partial charge in [0.15, 0.2) is 11.5 Å². The van der Waals surface area contributed by atoms with Gasteiger partial charge >= 0.3 is 0 Å². The van der Waals surface area contributed by atoms with Crippen LogP contribution in [0.25, 0.3) is 109 Å². The Hall–Kier alpha value is -7.04. The minimum atomic E-state index is 0.804. The minimum absolute atomic E-state index is 0.804. The fourth-order valence-corrected chi connectivity index (χ4v) is 8.81. The number of para-hydroxylation sites is 1. The van der Waals surface area contributed by atoms with Crippen molar-refractivity contribution in [3.63, 3.8) is 0 Å². The van der Waals surface area contributed by atoms with Crippen LogP contribution in [-0.2, 0) is 0 Å². The third-order valence-corrected chi connectivity index (χ3v) is 11.1. The Kier molecular flexibility index (Phi) is 5.47. The van der Waals surface area contributed by atoms with Crippen molar-refractivity contribution < 1.29 is 0 Å². The zero-order chi connectivity index (χ0) is 33.9. The molecule has 4 heteroatoms. The Balaban J connectivity index is 1.16. The van der Waals surface area contributed by atoms with Gasteiger partial charge in [-0.1, -0.05) is 133 Å². The summed E-state index contributed by atoms with van der Waals surface area (Å²) in [4.78, 5) is 10.8. The van der Waals surface area contributed by atoms with Gasteiger partial charge in [-0.3, -0.25) is 9.13 Å². The lowest BCUT2D eigenvalue weighted by molar-refractivity contribution is 1.06. The average Bonchev–Trinajstić information content (AvgIpc) is 3.72. The zero-order valence-corrected chi connectivity index (χ0v) is 28.0. The topological polar surface area (TPSA) is 35.6 Å². The standard InChI is InChI=1S/C48H28N4/c1-2-13-31-26-44-42(25-30(31)12-1)39-23-21-29-11-3-4-14-33(29)47(39)52(44)45-28-49-48-46(50-45)40-19-9-10-20-43(40)51(48)32-22-24-38-36-17-6-5-15-34(36)35-16-7-8-18-37(35)41(38)27-32/h1-28H. The van der Waals surface area contributed by atoms with Crippen LogP contribution in [0.15, 0.2) is 170 Å². The molecule has 0 aliphatic heterocycles. The van der Waals surface area contributed by atoms with E-state index in [0.717, 1.165) is 44.6 Å². The van der Waals surface area contributed by atoms with Crippen LogP contribution in [-0.4, -0.2) is 19.1 Å². The maximum absolute atomic E-state index is 5.51. The SMILES string of the molecule is c1ccc2cc3c(cc2c1)c1ccc2ccccc2c1n3-c1cnc2c(n1)c1ccccc1n2-c1ccc2c3ccccc3c3ccccc3c2c1. The number of aromatic nitrogens is 4. The predicted molar refractivity (Wildman–Crippen MR) is 218 cm³/mol. The first-order chi connectivity index (χ1) is 25.8. The number of nitrogens with zero attached hydrogens (tertiary/aromatic N) is 4. The van der Waals surface area contributed by atoms with E-state index in [1.165, 1.54) is 64.6 Å². The molecule has 0 aliphatic carbocycles. The third-order valence-electron chi connectivity index (χ3n) is 11.1. The van der Waals surface area contributed by atoms with E-state index in [0.29, 0.717) is 0 Å². The highest BCUT2D eigenvalue weighted by atomic mass is 15.1. The van der Waals surface area contributed by atoms with Crippen LogP contribution >= 0.6 is 0 Å². The Morgan fingerprint density at radius 3 is 1.69 bits per heavy atom. The number of hydrogen-bond donors (Lipinski definition) is 0. The van der Waals surface area contributed by atoms with Crippen molar-refractivity contribution in [2.24, 2.45) is 0 Å². The summed E-state index contributed by atoms with van der Waals surface area (Å²) in [7, 11) is 0. The summed E-state index contributed by atoms with van der Waals surface area (Å²) < 4.78 is 4.60. The summed E-state index contributed by atoms with van der Waals surface area (Å²) in [6.45, 7) is 0. The van der Waals surface area contributed by atoms with E-state index >= 15 is 0 Å². The fourth-order valence-electron chi connectivity index (χ4n) is 8.81. The zero-order valence-electron chi connectivity index (χ0n) is 28.0. The maximum Gasteiger partial charge on any atom is 0.164 e. The highest BCUT2D eigenvalue weighted by Crippen LogP contribution is 2.40. The first kappa shape index (κ1) is 27.7.